The minimum Gasteiger partial charge on any atom is -0.386 e. The van der Waals surface area contributed by atoms with Crippen molar-refractivity contribution in [3.8, 4) is 5.82 Å². The molecular formula is C31H35N7O2. The molecule has 2 fully saturated rings. The summed E-state index contributed by atoms with van der Waals surface area (Å²) in [6, 6.07) is 12.2. The maximum absolute atomic E-state index is 13.4. The van der Waals surface area contributed by atoms with Gasteiger partial charge in [0.2, 0.25) is 5.95 Å². The molecule has 1 saturated heterocycles. The molecule has 1 atom stereocenters. The predicted molar refractivity (Wildman–Crippen MR) is 155 cm³/mol. The van der Waals surface area contributed by atoms with Crippen molar-refractivity contribution in [2.24, 2.45) is 5.41 Å². The van der Waals surface area contributed by atoms with Crippen molar-refractivity contribution >= 4 is 22.7 Å². The summed E-state index contributed by atoms with van der Waals surface area (Å²) in [4.78, 5) is 29.8. The Hall–Kier alpha value is -3.82. The van der Waals surface area contributed by atoms with E-state index in [2.05, 4.69) is 41.0 Å². The van der Waals surface area contributed by atoms with Gasteiger partial charge in [0.1, 0.15) is 11.5 Å². The topological polar surface area (TPSA) is 101 Å². The third-order valence-electron chi connectivity index (χ3n) is 8.97. The van der Waals surface area contributed by atoms with Crippen molar-refractivity contribution < 1.29 is 6.48 Å². The molecule has 7 rings (SSSR count). The molecular weight excluding hydrogens is 502 g/mol. The van der Waals surface area contributed by atoms with Gasteiger partial charge < -0.3 is 15.3 Å². The van der Waals surface area contributed by atoms with Gasteiger partial charge in [-0.05, 0) is 93.9 Å². The molecule has 0 unspecified atom stereocenters. The van der Waals surface area contributed by atoms with Crippen molar-refractivity contribution in [1.82, 2.24) is 29.2 Å². The van der Waals surface area contributed by atoms with Crippen molar-refractivity contribution in [3.63, 3.8) is 0 Å². The Bertz CT molecular complexity index is 1700. The highest BCUT2D eigenvalue weighted by molar-refractivity contribution is 5.77. The van der Waals surface area contributed by atoms with Crippen molar-refractivity contribution in [2.75, 3.05) is 25.5 Å². The van der Waals surface area contributed by atoms with E-state index in [4.69, 9.17) is 11.3 Å². The van der Waals surface area contributed by atoms with Crippen LogP contribution in [-0.4, -0.2) is 54.5 Å². The lowest BCUT2D eigenvalue weighted by Crippen LogP contribution is -2.29. The first kappa shape index (κ1) is 24.0. The molecule has 1 spiro atoms. The number of nitrogens with one attached hydrogen (secondary N) is 1. The number of allylic oxidation sites excluding steroid dienone is 1. The Morgan fingerprint density at radius 1 is 1.15 bits per heavy atom. The number of hydrogen-bond donors (Lipinski definition) is 2. The van der Waals surface area contributed by atoms with Crippen molar-refractivity contribution in [3.05, 3.63) is 82.4 Å². The highest BCUT2D eigenvalue weighted by Crippen LogP contribution is 2.60. The zero-order chi connectivity index (χ0) is 28.4. The maximum atomic E-state index is 13.4. The number of aromatic nitrogens is 5. The van der Waals surface area contributed by atoms with Gasteiger partial charge in [0, 0.05) is 17.3 Å². The largest absolute Gasteiger partial charge is 0.386 e. The molecule has 4 heterocycles. The summed E-state index contributed by atoms with van der Waals surface area (Å²) >= 11 is 0. The van der Waals surface area contributed by atoms with Gasteiger partial charge in [-0.15, -0.1) is 6.58 Å². The molecule has 2 aliphatic carbocycles. The number of benzene rings is 1. The Morgan fingerprint density at radius 2 is 1.93 bits per heavy atom. The molecule has 40 heavy (non-hydrogen) atoms. The van der Waals surface area contributed by atoms with Crippen LogP contribution in [0.25, 0.3) is 16.9 Å². The molecule has 0 radical (unpaired) electrons. The molecule has 2 N–H and O–H groups in total. The zero-order valence-corrected chi connectivity index (χ0v) is 22.8. The van der Waals surface area contributed by atoms with E-state index >= 15 is 0 Å². The molecule has 1 saturated carbocycles. The monoisotopic (exact) mass is 538 g/mol. The van der Waals surface area contributed by atoms with Gasteiger partial charge >= 0.3 is 0 Å². The number of fused-ring (bicyclic) bond motifs is 2. The SMILES string of the molecule is [2H][C@@]1(O)c2nc(-n3c4nc(Nc5ccc(C6CCN(C)CC6)cc5)ncc4c(=O)n3CC=C)ccc2CCC12CC2. The average Bonchev–Trinajstić information content (AvgIpc) is 3.72. The van der Waals surface area contributed by atoms with Crippen LogP contribution in [0.5, 0.6) is 0 Å². The van der Waals surface area contributed by atoms with Gasteiger partial charge in [-0.1, -0.05) is 24.3 Å². The Kier molecular flexibility index (Phi) is 5.81. The van der Waals surface area contributed by atoms with E-state index in [1.807, 2.05) is 24.3 Å². The number of nitrogens with zero attached hydrogens (tertiary/aromatic N) is 6. The quantitative estimate of drug-likeness (QED) is 0.349. The first-order valence-electron chi connectivity index (χ1n) is 14.7. The first-order valence-corrected chi connectivity index (χ1v) is 14.2. The number of aryl methyl sites for hydroxylation is 1. The lowest BCUT2D eigenvalue weighted by atomic mass is 9.82. The smallest absolute Gasteiger partial charge is 0.278 e. The minimum atomic E-state index is -1.76. The summed E-state index contributed by atoms with van der Waals surface area (Å²) in [6.45, 7) is 6.30. The van der Waals surface area contributed by atoms with E-state index in [1.54, 1.807) is 10.8 Å². The Balaban J connectivity index is 1.25. The number of aliphatic hydroxyl groups is 1. The summed E-state index contributed by atoms with van der Waals surface area (Å²) in [5.41, 5.74) is 3.17. The first-order chi connectivity index (χ1) is 19.8. The van der Waals surface area contributed by atoms with E-state index in [0.29, 0.717) is 34.4 Å². The highest BCUT2D eigenvalue weighted by atomic mass is 16.3. The van der Waals surface area contributed by atoms with Crippen molar-refractivity contribution in [1.29, 1.82) is 0 Å². The van der Waals surface area contributed by atoms with Gasteiger partial charge in [0.05, 0.1) is 13.6 Å². The molecule has 0 amide bonds. The number of likely N-dealkylation sites (tertiary alicyclic amines) is 1. The van der Waals surface area contributed by atoms with Crippen LogP contribution >= 0.6 is 0 Å². The van der Waals surface area contributed by atoms with E-state index in [9.17, 15) is 9.90 Å². The average molecular weight is 539 g/mol. The third kappa shape index (κ3) is 4.24. The fourth-order valence-electron chi connectivity index (χ4n) is 6.30. The summed E-state index contributed by atoms with van der Waals surface area (Å²) in [5, 5.41) is 14.9. The van der Waals surface area contributed by atoms with Gasteiger partial charge in [-0.3, -0.25) is 4.79 Å². The fraction of sp³-hybridized carbons (Fsp3) is 0.419. The van der Waals surface area contributed by atoms with E-state index in [0.717, 1.165) is 62.9 Å². The number of piperidine rings is 1. The van der Waals surface area contributed by atoms with E-state index in [1.165, 1.54) is 16.4 Å². The predicted octanol–water partition coefficient (Wildman–Crippen LogP) is 4.48. The zero-order valence-electron chi connectivity index (χ0n) is 23.8. The molecule has 4 aromatic rings. The van der Waals surface area contributed by atoms with Crippen LogP contribution in [0.4, 0.5) is 11.6 Å². The number of anilines is 2. The standard InChI is InChI=1S/C31H35N7O2/c1-3-16-37-29(40)24-19-32-30(33-23-7-4-20(5-8-23)21-11-17-36(2)18-12-21)35-28(24)38(37)25-9-6-22-10-13-31(14-15-31)27(39)26(22)34-25/h3-9,19,21,27,39H,1,10-18H2,2H3,(H,32,33,35)/t27-/m1/s1/i27D. The molecule has 206 valence electrons. The van der Waals surface area contributed by atoms with E-state index < -0.39 is 11.5 Å². The molecule has 1 aliphatic heterocycles. The van der Waals surface area contributed by atoms with Crippen molar-refractivity contribution in [2.45, 2.75) is 57.1 Å². The second-order valence-electron chi connectivity index (χ2n) is 11.5. The molecule has 9 nitrogen and oxygen atoms in total. The molecule has 3 aliphatic rings. The van der Waals surface area contributed by atoms with Crippen LogP contribution < -0.4 is 10.9 Å². The molecule has 9 heteroatoms. The Morgan fingerprint density at radius 3 is 2.65 bits per heavy atom. The van der Waals surface area contributed by atoms with Crippen LogP contribution in [0.3, 0.4) is 0 Å². The van der Waals surface area contributed by atoms with Gasteiger partial charge in [0.25, 0.3) is 5.56 Å². The highest BCUT2D eigenvalue weighted by Gasteiger charge is 2.52. The van der Waals surface area contributed by atoms with Crippen LogP contribution in [0.15, 0.2) is 60.0 Å². The lowest BCUT2D eigenvalue weighted by molar-refractivity contribution is 0.0734. The van der Waals surface area contributed by atoms with Crippen LogP contribution in [0.1, 0.15) is 62.3 Å². The lowest BCUT2D eigenvalue weighted by Gasteiger charge is -2.29. The van der Waals surface area contributed by atoms with Gasteiger partial charge in [-0.25, -0.2) is 19.3 Å². The summed E-state index contributed by atoms with van der Waals surface area (Å²) in [6.07, 6.45) is 6.97. The van der Waals surface area contributed by atoms with Gasteiger partial charge in [-0.2, -0.15) is 4.98 Å². The van der Waals surface area contributed by atoms with Crippen LogP contribution in [0, 0.1) is 5.41 Å². The Labute approximate surface area is 234 Å². The second-order valence-corrected chi connectivity index (χ2v) is 11.5. The summed E-state index contributed by atoms with van der Waals surface area (Å²) < 4.78 is 12.0. The number of pyridine rings is 1. The fourth-order valence-corrected chi connectivity index (χ4v) is 6.30. The minimum absolute atomic E-state index is 0.240. The number of hydrogen-bond acceptors (Lipinski definition) is 7. The van der Waals surface area contributed by atoms with Gasteiger partial charge in [0.15, 0.2) is 11.5 Å². The maximum Gasteiger partial charge on any atom is 0.278 e. The second kappa shape index (κ2) is 9.67. The summed E-state index contributed by atoms with van der Waals surface area (Å²) in [5.74, 6) is 1.36. The summed E-state index contributed by atoms with van der Waals surface area (Å²) in [7, 11) is 2.17. The molecule has 0 bridgehead atoms. The van der Waals surface area contributed by atoms with E-state index in [-0.39, 0.29) is 12.1 Å². The van der Waals surface area contributed by atoms with Crippen LogP contribution in [0.2, 0.25) is 0 Å². The third-order valence-corrected chi connectivity index (χ3v) is 8.97. The number of rotatable bonds is 6. The normalized spacial score (nSPS) is 22.7. The molecule has 3 aromatic heterocycles. The molecule has 1 aromatic carbocycles. The van der Waals surface area contributed by atoms with Crippen LogP contribution in [-0.2, 0) is 13.0 Å².